The number of carbonyl (C=O) groups excluding carboxylic acids is 3. The summed E-state index contributed by atoms with van der Waals surface area (Å²) in [6, 6.07) is -0.950. The fourth-order valence-electron chi connectivity index (χ4n) is 2.87. The topological polar surface area (TPSA) is 150 Å². The quantitative estimate of drug-likeness (QED) is 0.114. The summed E-state index contributed by atoms with van der Waals surface area (Å²) in [4.78, 5) is 57.9. The number of hydrogen-bond acceptors (Lipinski definition) is 9. The highest BCUT2D eigenvalue weighted by Crippen LogP contribution is 2.40. The van der Waals surface area contributed by atoms with Crippen LogP contribution < -0.4 is 10.6 Å². The second kappa shape index (κ2) is 9.57. The molecular weight excluding hydrogens is 446 g/mol. The minimum absolute atomic E-state index is 0.0338. The Morgan fingerprint density at radius 1 is 1.45 bits per heavy atom. The summed E-state index contributed by atoms with van der Waals surface area (Å²) in [7, 11) is 0. The number of aliphatic carboxylic acids is 1. The van der Waals surface area contributed by atoms with Gasteiger partial charge in [0, 0.05) is 11.1 Å². The summed E-state index contributed by atoms with van der Waals surface area (Å²) >= 11 is 2.38. The number of carbonyl (C=O) groups is 4. The van der Waals surface area contributed by atoms with Gasteiger partial charge in [-0.15, -0.1) is 23.1 Å². The molecule has 0 spiro atoms. The molecule has 3 heterocycles. The van der Waals surface area contributed by atoms with Crippen LogP contribution in [0.15, 0.2) is 47.1 Å². The molecule has 31 heavy (non-hydrogen) atoms. The van der Waals surface area contributed by atoms with Crippen molar-refractivity contribution in [3.05, 3.63) is 47.7 Å². The lowest BCUT2D eigenvalue weighted by atomic mass is 10.0. The number of fused-ring (bicyclic) bond motifs is 1. The summed E-state index contributed by atoms with van der Waals surface area (Å²) < 4.78 is 0. The van der Waals surface area contributed by atoms with Crippen LogP contribution in [0.5, 0.6) is 0 Å². The first-order chi connectivity index (χ1) is 14.9. The van der Waals surface area contributed by atoms with E-state index < -0.39 is 29.2 Å². The zero-order chi connectivity index (χ0) is 22.5. The first-order valence-electron chi connectivity index (χ1n) is 8.74. The molecule has 1 saturated heterocycles. The highest BCUT2D eigenvalue weighted by atomic mass is 32.2. The highest BCUT2D eigenvalue weighted by molar-refractivity contribution is 8.00. The van der Waals surface area contributed by atoms with Gasteiger partial charge in [-0.3, -0.25) is 19.3 Å². The zero-order valence-electron chi connectivity index (χ0n) is 15.9. The van der Waals surface area contributed by atoms with E-state index in [0.717, 1.165) is 16.2 Å². The van der Waals surface area contributed by atoms with Crippen LogP contribution in [-0.4, -0.2) is 68.7 Å². The maximum absolute atomic E-state index is 12.9. The SMILES string of the molecule is C=CCO/N=C(/C(=O)NC1C(=O)N2C(C(=O)O)=C(C=C)CS[C@H]12)c1csc(NC=O)n1. The van der Waals surface area contributed by atoms with Crippen LogP contribution in [0.2, 0.25) is 0 Å². The van der Waals surface area contributed by atoms with E-state index in [1.807, 2.05) is 0 Å². The van der Waals surface area contributed by atoms with Crippen molar-refractivity contribution in [2.45, 2.75) is 11.4 Å². The summed E-state index contributed by atoms with van der Waals surface area (Å²) in [6.07, 6.45) is 3.28. The molecule has 2 aliphatic rings. The summed E-state index contributed by atoms with van der Waals surface area (Å²) in [6.45, 7) is 7.12. The van der Waals surface area contributed by atoms with Crippen LogP contribution in [0.4, 0.5) is 5.13 Å². The van der Waals surface area contributed by atoms with Gasteiger partial charge in [0.2, 0.25) is 6.41 Å². The highest BCUT2D eigenvalue weighted by Gasteiger charge is 2.54. The van der Waals surface area contributed by atoms with Crippen LogP contribution in [0.3, 0.4) is 0 Å². The number of hydrogen-bond donors (Lipinski definition) is 3. The molecule has 3 rings (SSSR count). The van der Waals surface area contributed by atoms with Gasteiger partial charge in [0.05, 0.1) is 0 Å². The average Bonchev–Trinajstić information content (AvgIpc) is 3.22. The van der Waals surface area contributed by atoms with Crippen molar-refractivity contribution >= 4 is 58.1 Å². The summed E-state index contributed by atoms with van der Waals surface area (Å²) in [5.74, 6) is -2.20. The molecule has 1 aromatic rings. The van der Waals surface area contributed by atoms with E-state index in [9.17, 15) is 24.3 Å². The van der Waals surface area contributed by atoms with Gasteiger partial charge in [0.15, 0.2) is 10.8 Å². The molecule has 0 saturated carbocycles. The number of nitrogens with zero attached hydrogens (tertiary/aromatic N) is 3. The number of aromatic nitrogens is 1. The number of carboxylic acid groups (broad SMARTS) is 1. The van der Waals surface area contributed by atoms with E-state index in [4.69, 9.17) is 4.84 Å². The number of carboxylic acids is 1. The van der Waals surface area contributed by atoms with Crippen molar-refractivity contribution in [2.75, 3.05) is 17.7 Å². The Bertz CT molecular complexity index is 1020. The molecule has 3 amide bonds. The molecule has 3 N–H and O–H groups in total. The van der Waals surface area contributed by atoms with Gasteiger partial charge < -0.3 is 20.6 Å². The van der Waals surface area contributed by atoms with E-state index in [1.165, 1.54) is 29.3 Å². The normalized spacial score (nSPS) is 20.3. The van der Waals surface area contributed by atoms with Crippen molar-refractivity contribution < 1.29 is 29.1 Å². The maximum Gasteiger partial charge on any atom is 0.352 e. The molecule has 0 bridgehead atoms. The largest absolute Gasteiger partial charge is 0.477 e. The van der Waals surface area contributed by atoms with Gasteiger partial charge in [-0.2, -0.15) is 0 Å². The first kappa shape index (κ1) is 22.2. The monoisotopic (exact) mass is 463 g/mol. The van der Waals surface area contributed by atoms with Crippen LogP contribution in [-0.2, 0) is 24.0 Å². The third kappa shape index (κ3) is 4.36. The van der Waals surface area contributed by atoms with Crippen LogP contribution in [0, 0.1) is 0 Å². The predicted octanol–water partition coefficient (Wildman–Crippen LogP) is 0.543. The Balaban J connectivity index is 1.80. The standard InChI is InChI=1S/C18H17N5O6S2/c1-3-5-29-22-11(10-7-31-18(20-10)19-8-24)14(25)21-12-15(26)23-13(17(27)28)9(4-2)6-30-16(12)23/h3-4,7-8,12,16H,1-2,5-6H2,(H,21,25)(H,27,28)(H,19,20,24)/b22-11+/t12?,16-/m1/s1. The van der Waals surface area contributed by atoms with Gasteiger partial charge in [-0.25, -0.2) is 9.78 Å². The number of thioether (sulfide) groups is 1. The molecule has 0 aliphatic carbocycles. The number of allylic oxidation sites excluding steroid dienone is 1. The van der Waals surface area contributed by atoms with E-state index in [0.29, 0.717) is 17.7 Å². The molecule has 1 unspecified atom stereocenters. The number of thiazole rings is 1. The summed E-state index contributed by atoms with van der Waals surface area (Å²) in [5.41, 5.74) is 0.229. The van der Waals surface area contributed by atoms with Crippen molar-refractivity contribution in [3.63, 3.8) is 0 Å². The molecular formula is C18H17N5O6S2. The molecule has 0 aromatic carbocycles. The Morgan fingerprint density at radius 3 is 2.87 bits per heavy atom. The lowest BCUT2D eigenvalue weighted by Crippen LogP contribution is -2.71. The minimum Gasteiger partial charge on any atom is -0.477 e. The lowest BCUT2D eigenvalue weighted by Gasteiger charge is -2.49. The lowest BCUT2D eigenvalue weighted by molar-refractivity contribution is -0.150. The first-order valence-corrected chi connectivity index (χ1v) is 10.7. The second-order valence-corrected chi connectivity index (χ2v) is 8.03. The molecule has 162 valence electrons. The number of oxime groups is 1. The Morgan fingerprint density at radius 2 is 2.23 bits per heavy atom. The number of rotatable bonds is 10. The third-order valence-electron chi connectivity index (χ3n) is 4.23. The van der Waals surface area contributed by atoms with Gasteiger partial charge in [0.1, 0.15) is 29.4 Å². The minimum atomic E-state index is -1.24. The Kier molecular flexibility index (Phi) is 6.87. The number of amides is 3. The van der Waals surface area contributed by atoms with Crippen LogP contribution >= 0.6 is 23.1 Å². The Hall–Kier alpha value is -3.45. The molecule has 13 heteroatoms. The van der Waals surface area contributed by atoms with E-state index in [2.05, 4.69) is 33.9 Å². The van der Waals surface area contributed by atoms with E-state index in [-0.39, 0.29) is 28.8 Å². The zero-order valence-corrected chi connectivity index (χ0v) is 17.6. The fraction of sp³-hybridized carbons (Fsp3) is 0.222. The molecule has 2 atom stereocenters. The van der Waals surface area contributed by atoms with E-state index >= 15 is 0 Å². The Labute approximate surface area is 184 Å². The van der Waals surface area contributed by atoms with Gasteiger partial charge in [-0.1, -0.05) is 30.5 Å². The number of nitrogens with one attached hydrogen (secondary N) is 2. The predicted molar refractivity (Wildman–Crippen MR) is 114 cm³/mol. The number of anilines is 1. The van der Waals surface area contributed by atoms with Crippen molar-refractivity contribution in [1.82, 2.24) is 15.2 Å². The van der Waals surface area contributed by atoms with Crippen molar-refractivity contribution in [3.8, 4) is 0 Å². The molecule has 1 fully saturated rings. The van der Waals surface area contributed by atoms with Gasteiger partial charge >= 0.3 is 5.97 Å². The second-order valence-electron chi connectivity index (χ2n) is 6.07. The third-order valence-corrected chi connectivity index (χ3v) is 6.30. The van der Waals surface area contributed by atoms with Crippen LogP contribution in [0.25, 0.3) is 0 Å². The number of β-lactam (4-membered cyclic amide) rings is 1. The van der Waals surface area contributed by atoms with Gasteiger partial charge in [-0.05, 0) is 5.57 Å². The van der Waals surface area contributed by atoms with Crippen molar-refractivity contribution in [1.29, 1.82) is 0 Å². The van der Waals surface area contributed by atoms with Gasteiger partial charge in [0.25, 0.3) is 11.8 Å². The summed E-state index contributed by atoms with van der Waals surface area (Å²) in [5, 5.41) is 19.4. The molecule has 11 nitrogen and oxygen atoms in total. The van der Waals surface area contributed by atoms with Crippen LogP contribution in [0.1, 0.15) is 5.69 Å². The van der Waals surface area contributed by atoms with Crippen molar-refractivity contribution in [2.24, 2.45) is 5.16 Å². The smallest absolute Gasteiger partial charge is 0.352 e. The van der Waals surface area contributed by atoms with E-state index in [1.54, 1.807) is 0 Å². The average molecular weight is 463 g/mol. The molecule has 0 radical (unpaired) electrons. The fourth-order valence-corrected chi connectivity index (χ4v) is 4.86. The maximum atomic E-state index is 12.9. The molecule has 1 aromatic heterocycles. The molecule has 2 aliphatic heterocycles.